The Balaban J connectivity index is 2.63. The van der Waals surface area contributed by atoms with Crippen LogP contribution in [0.2, 0.25) is 0 Å². The summed E-state index contributed by atoms with van der Waals surface area (Å²) in [6, 6.07) is 5.58. The molecule has 0 aliphatic rings. The molecule has 0 spiro atoms. The van der Waals surface area contributed by atoms with Crippen LogP contribution in [0.4, 0.5) is 4.39 Å². The highest BCUT2D eigenvalue weighted by atomic mass is 19.1. The molecule has 0 aromatic heterocycles. The van der Waals surface area contributed by atoms with E-state index in [-0.39, 0.29) is 5.82 Å². The van der Waals surface area contributed by atoms with Crippen LogP contribution in [0.25, 0.3) is 6.08 Å². The van der Waals surface area contributed by atoms with Gasteiger partial charge >= 0.3 is 5.97 Å². The zero-order valence-electron chi connectivity index (χ0n) is 8.26. The smallest absolute Gasteiger partial charge is 0.328 e. The average molecular weight is 220 g/mol. The average Bonchev–Trinajstić information content (AvgIpc) is 2.25. The first-order valence-electron chi connectivity index (χ1n) is 4.46. The van der Waals surface area contributed by atoms with Crippen molar-refractivity contribution < 1.29 is 19.1 Å². The van der Waals surface area contributed by atoms with Gasteiger partial charge in [-0.25, -0.2) is 9.18 Å². The lowest BCUT2D eigenvalue weighted by molar-refractivity contribution is -0.131. The predicted octanol–water partition coefficient (Wildman–Crippen LogP) is 2.05. The van der Waals surface area contributed by atoms with E-state index in [0.717, 1.165) is 12.2 Å². The van der Waals surface area contributed by atoms with Crippen molar-refractivity contribution in [3.05, 3.63) is 53.9 Å². The van der Waals surface area contributed by atoms with Gasteiger partial charge in [0.05, 0.1) is 0 Å². The maximum atomic E-state index is 12.5. The Bertz CT molecular complexity index is 444. The summed E-state index contributed by atoms with van der Waals surface area (Å²) in [5, 5.41) is 8.27. The summed E-state index contributed by atoms with van der Waals surface area (Å²) >= 11 is 0. The molecule has 1 aromatic rings. The molecular weight excluding hydrogens is 211 g/mol. The molecule has 3 nitrogen and oxygen atoms in total. The summed E-state index contributed by atoms with van der Waals surface area (Å²) < 4.78 is 12.5. The van der Waals surface area contributed by atoms with Gasteiger partial charge in [-0.2, -0.15) is 0 Å². The van der Waals surface area contributed by atoms with Gasteiger partial charge in [0, 0.05) is 6.08 Å². The fourth-order valence-electron chi connectivity index (χ4n) is 0.961. The topological polar surface area (TPSA) is 54.4 Å². The molecule has 0 atom stereocenters. The molecule has 0 heterocycles. The molecule has 0 saturated heterocycles. The van der Waals surface area contributed by atoms with Crippen molar-refractivity contribution in [3.63, 3.8) is 0 Å². The molecule has 0 radical (unpaired) electrons. The van der Waals surface area contributed by atoms with Gasteiger partial charge in [0.2, 0.25) is 0 Å². The maximum absolute atomic E-state index is 12.5. The number of aliphatic carboxylic acids is 1. The largest absolute Gasteiger partial charge is 0.478 e. The molecule has 0 bridgehead atoms. The van der Waals surface area contributed by atoms with Crippen LogP contribution in [0.3, 0.4) is 0 Å². The summed E-state index contributed by atoms with van der Waals surface area (Å²) in [6.07, 6.45) is 4.40. The first-order valence-corrected chi connectivity index (χ1v) is 4.46. The van der Waals surface area contributed by atoms with Crippen LogP contribution in [0.1, 0.15) is 5.56 Å². The van der Waals surface area contributed by atoms with E-state index in [1.165, 1.54) is 36.4 Å². The van der Waals surface area contributed by atoms with Crippen molar-refractivity contribution >= 4 is 17.8 Å². The predicted molar refractivity (Wildman–Crippen MR) is 57.2 cm³/mol. The number of carbonyl (C=O) groups is 2. The van der Waals surface area contributed by atoms with Crippen molar-refractivity contribution in [2.75, 3.05) is 0 Å². The van der Waals surface area contributed by atoms with Crippen molar-refractivity contribution in [1.29, 1.82) is 0 Å². The molecule has 1 aromatic carbocycles. The van der Waals surface area contributed by atoms with E-state index in [0.29, 0.717) is 5.56 Å². The third kappa shape index (κ3) is 4.32. The molecule has 0 saturated carbocycles. The number of benzene rings is 1. The Morgan fingerprint density at radius 1 is 1.06 bits per heavy atom. The van der Waals surface area contributed by atoms with Crippen molar-refractivity contribution in [1.82, 2.24) is 0 Å². The molecular formula is C12H9FO3. The molecule has 1 N–H and O–H groups in total. The van der Waals surface area contributed by atoms with E-state index in [4.69, 9.17) is 5.11 Å². The van der Waals surface area contributed by atoms with Gasteiger partial charge in [0.25, 0.3) is 0 Å². The van der Waals surface area contributed by atoms with Gasteiger partial charge in [0.15, 0.2) is 5.78 Å². The van der Waals surface area contributed by atoms with Crippen LogP contribution in [-0.4, -0.2) is 16.9 Å². The quantitative estimate of drug-likeness (QED) is 0.790. The summed E-state index contributed by atoms with van der Waals surface area (Å²) in [5.74, 6) is -1.97. The molecule has 0 fully saturated rings. The van der Waals surface area contributed by atoms with Crippen LogP contribution < -0.4 is 0 Å². The van der Waals surface area contributed by atoms with E-state index in [2.05, 4.69) is 0 Å². The Morgan fingerprint density at radius 3 is 2.25 bits per heavy atom. The van der Waals surface area contributed by atoms with Crippen LogP contribution in [0.15, 0.2) is 42.5 Å². The fourth-order valence-corrected chi connectivity index (χ4v) is 0.961. The zero-order chi connectivity index (χ0) is 12.0. The third-order valence-electron chi connectivity index (χ3n) is 1.70. The van der Waals surface area contributed by atoms with Gasteiger partial charge in [-0.1, -0.05) is 18.2 Å². The molecule has 4 heteroatoms. The number of hydrogen-bond acceptors (Lipinski definition) is 2. The summed E-state index contributed by atoms with van der Waals surface area (Å²) in [6.45, 7) is 0. The first kappa shape index (κ1) is 11.8. The minimum atomic E-state index is -1.18. The van der Waals surface area contributed by atoms with Gasteiger partial charge in [0.1, 0.15) is 5.82 Å². The van der Waals surface area contributed by atoms with Gasteiger partial charge in [-0.05, 0) is 29.8 Å². The molecule has 0 aliphatic carbocycles. The number of allylic oxidation sites excluding steroid dienone is 2. The second kappa shape index (κ2) is 5.60. The number of carbonyl (C=O) groups excluding carboxylic acids is 1. The van der Waals surface area contributed by atoms with E-state index >= 15 is 0 Å². The monoisotopic (exact) mass is 220 g/mol. The van der Waals surface area contributed by atoms with Crippen molar-refractivity contribution in [3.8, 4) is 0 Å². The third-order valence-corrected chi connectivity index (χ3v) is 1.70. The van der Waals surface area contributed by atoms with Gasteiger partial charge in [-0.15, -0.1) is 0 Å². The SMILES string of the molecule is O=C(O)C=CC(=O)C=Cc1ccc(F)cc1. The van der Waals surface area contributed by atoms with Crippen LogP contribution >= 0.6 is 0 Å². The van der Waals surface area contributed by atoms with E-state index in [9.17, 15) is 14.0 Å². The summed E-state index contributed by atoms with van der Waals surface area (Å²) in [4.78, 5) is 21.2. The zero-order valence-corrected chi connectivity index (χ0v) is 8.26. The highest BCUT2D eigenvalue weighted by Gasteiger charge is 1.93. The number of carboxylic acids is 1. The van der Waals surface area contributed by atoms with E-state index in [1.807, 2.05) is 0 Å². The molecule has 0 aliphatic heterocycles. The van der Waals surface area contributed by atoms with Gasteiger partial charge < -0.3 is 5.11 Å². The highest BCUT2D eigenvalue weighted by molar-refractivity contribution is 6.04. The number of ketones is 1. The van der Waals surface area contributed by atoms with E-state index < -0.39 is 11.8 Å². The van der Waals surface area contributed by atoms with Crippen molar-refractivity contribution in [2.45, 2.75) is 0 Å². The molecule has 16 heavy (non-hydrogen) atoms. The molecule has 82 valence electrons. The standard InChI is InChI=1S/C12H9FO3/c13-10-4-1-9(2-5-10)3-6-11(14)7-8-12(15)16/h1-8H,(H,15,16). The normalized spacial score (nSPS) is 11.1. The summed E-state index contributed by atoms with van der Waals surface area (Å²) in [7, 11) is 0. The number of hydrogen-bond donors (Lipinski definition) is 1. The highest BCUT2D eigenvalue weighted by Crippen LogP contribution is 2.04. The lowest BCUT2D eigenvalue weighted by Gasteiger charge is -1.91. The molecule has 0 amide bonds. The van der Waals surface area contributed by atoms with E-state index in [1.54, 1.807) is 0 Å². The lowest BCUT2D eigenvalue weighted by atomic mass is 10.2. The number of halogens is 1. The Hall–Kier alpha value is -2.23. The Kier molecular flexibility index (Phi) is 4.15. The molecule has 1 rings (SSSR count). The lowest BCUT2D eigenvalue weighted by Crippen LogP contribution is -1.91. The Labute approximate surface area is 91.5 Å². The minimum Gasteiger partial charge on any atom is -0.478 e. The number of rotatable bonds is 4. The molecule has 0 unspecified atom stereocenters. The van der Waals surface area contributed by atoms with Crippen LogP contribution in [-0.2, 0) is 9.59 Å². The van der Waals surface area contributed by atoms with Crippen molar-refractivity contribution in [2.24, 2.45) is 0 Å². The van der Waals surface area contributed by atoms with Gasteiger partial charge in [-0.3, -0.25) is 4.79 Å². The second-order valence-corrected chi connectivity index (χ2v) is 2.96. The minimum absolute atomic E-state index is 0.353. The summed E-state index contributed by atoms with van der Waals surface area (Å²) in [5.41, 5.74) is 0.665. The van der Waals surface area contributed by atoms with Crippen LogP contribution in [0, 0.1) is 5.82 Å². The first-order chi connectivity index (χ1) is 7.58. The maximum Gasteiger partial charge on any atom is 0.328 e. The Morgan fingerprint density at radius 2 is 1.69 bits per heavy atom. The number of carboxylic acid groups (broad SMARTS) is 1. The fraction of sp³-hybridized carbons (Fsp3) is 0. The second-order valence-electron chi connectivity index (χ2n) is 2.96. The van der Waals surface area contributed by atoms with Crippen LogP contribution in [0.5, 0.6) is 0 Å².